The van der Waals surface area contributed by atoms with Crippen LogP contribution in [0.1, 0.15) is 28.8 Å². The third-order valence-corrected chi connectivity index (χ3v) is 4.11. The van der Waals surface area contributed by atoms with Gasteiger partial charge in [0, 0.05) is 24.7 Å². The van der Waals surface area contributed by atoms with Crippen molar-refractivity contribution < 1.29 is 4.79 Å². The number of likely N-dealkylation sites (tertiary alicyclic amines) is 1. The normalized spacial score (nSPS) is 18.5. The van der Waals surface area contributed by atoms with Crippen molar-refractivity contribution in [1.82, 2.24) is 15.1 Å². The number of hydrogen-bond donors (Lipinski definition) is 1. The number of benzene rings is 1. The molecule has 1 aliphatic heterocycles. The molecule has 1 aromatic carbocycles. The van der Waals surface area contributed by atoms with Gasteiger partial charge in [0.25, 0.3) is 5.91 Å². The summed E-state index contributed by atoms with van der Waals surface area (Å²) in [5, 5.41) is 3.16. The van der Waals surface area contributed by atoms with Gasteiger partial charge < -0.3 is 15.1 Å². The minimum Gasteiger partial charge on any atom is -0.334 e. The number of hydrogen-bond acceptors (Lipinski definition) is 3. The molecule has 0 radical (unpaired) electrons. The summed E-state index contributed by atoms with van der Waals surface area (Å²) < 4.78 is 0. The summed E-state index contributed by atoms with van der Waals surface area (Å²) in [5.41, 5.74) is 2.02. The summed E-state index contributed by atoms with van der Waals surface area (Å²) in [5.74, 6) is 0.200. The first kappa shape index (κ1) is 16.0. The molecule has 1 heterocycles. The first-order valence-electron chi connectivity index (χ1n) is 7.81. The molecule has 0 aliphatic carbocycles. The molecule has 1 saturated heterocycles. The minimum atomic E-state index is 0.200. The van der Waals surface area contributed by atoms with Crippen LogP contribution in [-0.2, 0) is 6.42 Å². The number of amides is 1. The van der Waals surface area contributed by atoms with Gasteiger partial charge in [-0.2, -0.15) is 0 Å². The molecule has 1 amide bonds. The number of likely N-dealkylation sites (N-methyl/N-ethyl adjacent to an activating group) is 2. The van der Waals surface area contributed by atoms with E-state index < -0.39 is 0 Å². The Bertz CT molecular complexity index is 473. The third kappa shape index (κ3) is 4.05. The van der Waals surface area contributed by atoms with E-state index in [1.54, 1.807) is 0 Å². The van der Waals surface area contributed by atoms with Gasteiger partial charge in [-0.05, 0) is 58.6 Å². The van der Waals surface area contributed by atoms with E-state index in [0.29, 0.717) is 6.04 Å². The largest absolute Gasteiger partial charge is 0.334 e. The summed E-state index contributed by atoms with van der Waals surface area (Å²) >= 11 is 0. The van der Waals surface area contributed by atoms with Crippen LogP contribution in [0.5, 0.6) is 0 Å². The zero-order valence-electron chi connectivity index (χ0n) is 13.4. The third-order valence-electron chi connectivity index (χ3n) is 4.11. The van der Waals surface area contributed by atoms with Crippen LogP contribution in [0.4, 0.5) is 0 Å². The Labute approximate surface area is 128 Å². The maximum Gasteiger partial charge on any atom is 0.254 e. The molecule has 21 heavy (non-hydrogen) atoms. The molecular weight excluding hydrogens is 262 g/mol. The van der Waals surface area contributed by atoms with Gasteiger partial charge >= 0.3 is 0 Å². The highest BCUT2D eigenvalue weighted by atomic mass is 16.2. The SMILES string of the molecule is CNCCc1ccccc1C(=O)N1CCCC1CN(C)C. The minimum absolute atomic E-state index is 0.200. The van der Waals surface area contributed by atoms with Crippen molar-refractivity contribution in [3.8, 4) is 0 Å². The quantitative estimate of drug-likeness (QED) is 0.864. The molecule has 4 nitrogen and oxygen atoms in total. The van der Waals surface area contributed by atoms with E-state index in [-0.39, 0.29) is 5.91 Å². The van der Waals surface area contributed by atoms with Gasteiger partial charge in [0.05, 0.1) is 0 Å². The lowest BCUT2D eigenvalue weighted by atomic mass is 10.0. The number of nitrogens with zero attached hydrogens (tertiary/aromatic N) is 2. The second-order valence-corrected chi connectivity index (χ2v) is 6.07. The van der Waals surface area contributed by atoms with E-state index in [0.717, 1.165) is 50.0 Å². The number of rotatable bonds is 6. The number of carbonyl (C=O) groups excluding carboxylic acids is 1. The van der Waals surface area contributed by atoms with Crippen LogP contribution in [0.25, 0.3) is 0 Å². The molecule has 2 rings (SSSR count). The summed E-state index contributed by atoms with van der Waals surface area (Å²) in [6, 6.07) is 8.38. The molecule has 0 aromatic heterocycles. The monoisotopic (exact) mass is 289 g/mol. The van der Waals surface area contributed by atoms with E-state index in [2.05, 4.69) is 35.3 Å². The van der Waals surface area contributed by atoms with Crippen molar-refractivity contribution in [3.63, 3.8) is 0 Å². The number of nitrogens with one attached hydrogen (secondary N) is 1. The molecule has 4 heteroatoms. The van der Waals surface area contributed by atoms with Crippen LogP contribution in [0, 0.1) is 0 Å². The highest BCUT2D eigenvalue weighted by Crippen LogP contribution is 2.22. The van der Waals surface area contributed by atoms with E-state index in [1.807, 2.05) is 25.2 Å². The lowest BCUT2D eigenvalue weighted by Crippen LogP contribution is -2.41. The average Bonchev–Trinajstić information content (AvgIpc) is 2.92. The van der Waals surface area contributed by atoms with Gasteiger partial charge in [0.1, 0.15) is 0 Å². The Kier molecular flexibility index (Phi) is 5.76. The van der Waals surface area contributed by atoms with Crippen molar-refractivity contribution in [1.29, 1.82) is 0 Å². The Morgan fingerprint density at radius 3 is 2.86 bits per heavy atom. The van der Waals surface area contributed by atoms with E-state index in [9.17, 15) is 4.79 Å². The van der Waals surface area contributed by atoms with Gasteiger partial charge in [-0.15, -0.1) is 0 Å². The maximum absolute atomic E-state index is 12.9. The molecular formula is C17H27N3O. The molecule has 1 N–H and O–H groups in total. The van der Waals surface area contributed by atoms with Crippen molar-refractivity contribution >= 4 is 5.91 Å². The highest BCUT2D eigenvalue weighted by molar-refractivity contribution is 5.96. The van der Waals surface area contributed by atoms with Gasteiger partial charge in [-0.1, -0.05) is 18.2 Å². The van der Waals surface area contributed by atoms with Crippen molar-refractivity contribution in [2.24, 2.45) is 0 Å². The van der Waals surface area contributed by atoms with Crippen LogP contribution in [0.3, 0.4) is 0 Å². The predicted molar refractivity (Wildman–Crippen MR) is 86.7 cm³/mol. The Balaban J connectivity index is 2.15. The lowest BCUT2D eigenvalue weighted by molar-refractivity contribution is 0.0715. The summed E-state index contributed by atoms with van der Waals surface area (Å²) in [4.78, 5) is 17.1. The molecule has 1 aromatic rings. The number of carbonyl (C=O) groups is 1. The van der Waals surface area contributed by atoms with Crippen LogP contribution in [0.15, 0.2) is 24.3 Å². The van der Waals surface area contributed by atoms with E-state index in [1.165, 1.54) is 0 Å². The van der Waals surface area contributed by atoms with Crippen LogP contribution >= 0.6 is 0 Å². The second-order valence-electron chi connectivity index (χ2n) is 6.07. The second kappa shape index (κ2) is 7.57. The fraction of sp³-hybridized carbons (Fsp3) is 0.588. The Morgan fingerprint density at radius 1 is 1.38 bits per heavy atom. The first-order chi connectivity index (χ1) is 10.1. The summed E-state index contributed by atoms with van der Waals surface area (Å²) in [7, 11) is 6.09. The van der Waals surface area contributed by atoms with Crippen LogP contribution < -0.4 is 5.32 Å². The molecule has 116 valence electrons. The molecule has 1 unspecified atom stereocenters. The molecule has 0 saturated carbocycles. The van der Waals surface area contributed by atoms with Crippen LogP contribution in [-0.4, -0.2) is 62.5 Å². The molecule has 1 fully saturated rings. The van der Waals surface area contributed by atoms with E-state index in [4.69, 9.17) is 0 Å². The highest BCUT2D eigenvalue weighted by Gasteiger charge is 2.30. The average molecular weight is 289 g/mol. The lowest BCUT2D eigenvalue weighted by Gasteiger charge is -2.28. The maximum atomic E-state index is 12.9. The topological polar surface area (TPSA) is 35.6 Å². The van der Waals surface area contributed by atoms with Gasteiger partial charge in [-0.3, -0.25) is 4.79 Å². The van der Waals surface area contributed by atoms with Crippen molar-refractivity contribution in [2.75, 3.05) is 40.8 Å². The first-order valence-corrected chi connectivity index (χ1v) is 7.81. The van der Waals surface area contributed by atoms with Crippen molar-refractivity contribution in [3.05, 3.63) is 35.4 Å². The zero-order valence-corrected chi connectivity index (χ0v) is 13.4. The van der Waals surface area contributed by atoms with Gasteiger partial charge in [0.15, 0.2) is 0 Å². The Morgan fingerprint density at radius 2 is 2.14 bits per heavy atom. The molecule has 1 atom stereocenters. The predicted octanol–water partition coefficient (Wildman–Crippen LogP) is 1.61. The van der Waals surface area contributed by atoms with Gasteiger partial charge in [-0.25, -0.2) is 0 Å². The molecule has 0 bridgehead atoms. The fourth-order valence-electron chi connectivity index (χ4n) is 3.08. The Hall–Kier alpha value is -1.39. The van der Waals surface area contributed by atoms with Gasteiger partial charge in [0.2, 0.25) is 0 Å². The molecule has 1 aliphatic rings. The summed E-state index contributed by atoms with van der Waals surface area (Å²) in [6.07, 6.45) is 3.12. The van der Waals surface area contributed by atoms with Crippen molar-refractivity contribution in [2.45, 2.75) is 25.3 Å². The smallest absolute Gasteiger partial charge is 0.254 e. The van der Waals surface area contributed by atoms with Crippen LogP contribution in [0.2, 0.25) is 0 Å². The standard InChI is InChI=1S/C17H27N3O/c1-18-11-10-14-7-4-5-9-16(14)17(21)20-12-6-8-15(20)13-19(2)3/h4-5,7,9,15,18H,6,8,10-13H2,1-3H3. The zero-order chi connectivity index (χ0) is 15.2. The summed E-state index contributed by atoms with van der Waals surface area (Å²) in [6.45, 7) is 2.73. The molecule has 0 spiro atoms. The fourth-order valence-corrected chi connectivity index (χ4v) is 3.08. The van der Waals surface area contributed by atoms with E-state index >= 15 is 0 Å².